The first kappa shape index (κ1) is 19.0. The van der Waals surface area contributed by atoms with Crippen molar-refractivity contribution in [2.45, 2.75) is 24.2 Å². The Kier molecular flexibility index (Phi) is 4.94. The largest absolute Gasteiger partial charge is 0.478 e. The quantitative estimate of drug-likeness (QED) is 0.558. The van der Waals surface area contributed by atoms with E-state index in [4.69, 9.17) is 9.47 Å². The molecular weight excluding hydrogens is 370 g/mol. The second-order valence-corrected chi connectivity index (χ2v) is 7.03. The van der Waals surface area contributed by atoms with Crippen LogP contribution in [0.25, 0.3) is 0 Å². The van der Waals surface area contributed by atoms with Gasteiger partial charge in [-0.3, -0.25) is 0 Å². The van der Waals surface area contributed by atoms with E-state index in [9.17, 15) is 14.7 Å². The molecule has 0 aliphatic carbocycles. The molecule has 0 fully saturated rings. The average Bonchev–Trinajstić information content (AvgIpc) is 3.32. The molecule has 3 atom stereocenters. The van der Waals surface area contributed by atoms with Gasteiger partial charge in [-0.15, -0.1) is 0 Å². The van der Waals surface area contributed by atoms with Gasteiger partial charge in [0.1, 0.15) is 11.7 Å². The van der Waals surface area contributed by atoms with E-state index in [1.54, 1.807) is 12.2 Å². The maximum atomic E-state index is 12.6. The zero-order chi connectivity index (χ0) is 20.4. The molecule has 2 aromatic rings. The zero-order valence-corrected chi connectivity index (χ0v) is 15.9. The Morgan fingerprint density at radius 2 is 1.79 bits per heavy atom. The number of benzene rings is 2. The van der Waals surface area contributed by atoms with Crippen LogP contribution in [0.5, 0.6) is 0 Å². The summed E-state index contributed by atoms with van der Waals surface area (Å²) >= 11 is 0. The molecule has 2 N–H and O–H groups in total. The van der Waals surface area contributed by atoms with E-state index in [2.05, 4.69) is 5.32 Å². The molecule has 0 aromatic heterocycles. The number of rotatable bonds is 7. The minimum absolute atomic E-state index is 0.0457. The second kappa shape index (κ2) is 7.56. The zero-order valence-electron chi connectivity index (χ0n) is 15.9. The molecule has 2 aliphatic heterocycles. The summed E-state index contributed by atoms with van der Waals surface area (Å²) in [5.74, 6) is -1.87. The third-order valence-corrected chi connectivity index (χ3v) is 5.32. The minimum atomic E-state index is -1.24. The van der Waals surface area contributed by atoms with E-state index in [1.165, 1.54) is 7.11 Å². The Labute approximate surface area is 168 Å². The number of aliphatic carboxylic acids is 1. The van der Waals surface area contributed by atoms with Crippen molar-refractivity contribution in [2.24, 2.45) is 0 Å². The van der Waals surface area contributed by atoms with Gasteiger partial charge in [0.2, 0.25) is 0 Å². The van der Waals surface area contributed by atoms with Crippen molar-refractivity contribution < 1.29 is 24.2 Å². The Bertz CT molecular complexity index is 941. The van der Waals surface area contributed by atoms with Crippen molar-refractivity contribution in [2.75, 3.05) is 12.4 Å². The number of carboxylic acids is 1. The fourth-order valence-corrected chi connectivity index (χ4v) is 4.04. The molecule has 6 nitrogen and oxygen atoms in total. The maximum absolute atomic E-state index is 12.6. The third kappa shape index (κ3) is 3.32. The van der Waals surface area contributed by atoms with Gasteiger partial charge in [0.05, 0.1) is 24.3 Å². The number of carbonyl (C=O) groups excluding carboxylic acids is 1. The molecule has 148 valence electrons. The molecular formula is C23H21NO5. The van der Waals surface area contributed by atoms with Crippen molar-refractivity contribution in [1.29, 1.82) is 0 Å². The number of fused-ring (bicyclic) bond motifs is 2. The number of carbonyl (C=O) groups is 2. The van der Waals surface area contributed by atoms with Gasteiger partial charge in [0.15, 0.2) is 0 Å². The van der Waals surface area contributed by atoms with Crippen LogP contribution in [0.4, 0.5) is 5.69 Å². The number of hydrogen-bond acceptors (Lipinski definition) is 5. The highest BCUT2D eigenvalue weighted by Gasteiger charge is 2.58. The number of hydrogen-bond donors (Lipinski definition) is 2. The molecule has 2 heterocycles. The lowest BCUT2D eigenvalue weighted by Gasteiger charge is -2.36. The summed E-state index contributed by atoms with van der Waals surface area (Å²) in [6, 6.07) is 18.9. The third-order valence-electron chi connectivity index (χ3n) is 5.32. The lowest BCUT2D eigenvalue weighted by molar-refractivity contribution is -0.139. The molecule has 6 heteroatoms. The monoisotopic (exact) mass is 391 g/mol. The molecule has 0 saturated heterocycles. The summed E-state index contributed by atoms with van der Waals surface area (Å²) in [4.78, 5) is 24.6. The van der Waals surface area contributed by atoms with Gasteiger partial charge in [-0.1, -0.05) is 54.6 Å². The summed E-state index contributed by atoms with van der Waals surface area (Å²) in [7, 11) is 1.25. The smallest absolute Gasteiger partial charge is 0.337 e. The van der Waals surface area contributed by atoms with Crippen LogP contribution in [-0.4, -0.2) is 41.9 Å². The van der Waals surface area contributed by atoms with Crippen LogP contribution in [0.3, 0.4) is 0 Å². The molecule has 0 spiro atoms. The highest BCUT2D eigenvalue weighted by atomic mass is 16.5. The van der Waals surface area contributed by atoms with Gasteiger partial charge in [0.25, 0.3) is 0 Å². The molecule has 0 amide bonds. The summed E-state index contributed by atoms with van der Waals surface area (Å²) < 4.78 is 11.1. The fraction of sp³-hybridized carbons (Fsp3) is 0.217. The van der Waals surface area contributed by atoms with E-state index in [0.29, 0.717) is 6.42 Å². The number of ether oxygens (including phenoxy) is 2. The molecule has 4 rings (SSSR count). The molecule has 2 aromatic carbocycles. The van der Waals surface area contributed by atoms with E-state index >= 15 is 0 Å². The van der Waals surface area contributed by atoms with Crippen LogP contribution >= 0.6 is 0 Å². The molecule has 2 bridgehead atoms. The molecule has 0 radical (unpaired) electrons. The van der Waals surface area contributed by atoms with Gasteiger partial charge in [-0.2, -0.15) is 0 Å². The lowest BCUT2D eigenvalue weighted by atomic mass is 9.79. The van der Waals surface area contributed by atoms with Crippen molar-refractivity contribution in [3.63, 3.8) is 0 Å². The fourth-order valence-electron chi connectivity index (χ4n) is 4.04. The topological polar surface area (TPSA) is 84.9 Å². The lowest BCUT2D eigenvalue weighted by Crippen LogP contribution is -2.49. The SMILES string of the molecule is COC(=O)C1=C(C(=O)O)C2C=CC1([C@@H](Cc1ccccc1)Nc1ccccc1)O2. The number of methoxy groups -OCH3 is 1. The van der Waals surface area contributed by atoms with E-state index < -0.39 is 29.7 Å². The van der Waals surface area contributed by atoms with E-state index in [0.717, 1.165) is 11.3 Å². The van der Waals surface area contributed by atoms with Crippen molar-refractivity contribution in [1.82, 2.24) is 0 Å². The second-order valence-electron chi connectivity index (χ2n) is 7.03. The van der Waals surface area contributed by atoms with Gasteiger partial charge in [-0.05, 0) is 30.2 Å². The van der Waals surface area contributed by atoms with Crippen LogP contribution < -0.4 is 5.32 Å². The summed E-state index contributed by atoms with van der Waals surface area (Å²) in [5, 5.41) is 13.2. The molecule has 29 heavy (non-hydrogen) atoms. The maximum Gasteiger partial charge on any atom is 0.337 e. The van der Waals surface area contributed by atoms with Crippen molar-refractivity contribution in [3.8, 4) is 0 Å². The first-order valence-corrected chi connectivity index (χ1v) is 9.34. The number of anilines is 1. The summed E-state index contributed by atoms with van der Waals surface area (Å²) in [6.45, 7) is 0. The van der Waals surface area contributed by atoms with Crippen LogP contribution in [0.2, 0.25) is 0 Å². The average molecular weight is 391 g/mol. The Hall–Kier alpha value is -3.38. The van der Waals surface area contributed by atoms with E-state index in [1.807, 2.05) is 60.7 Å². The van der Waals surface area contributed by atoms with Crippen LogP contribution in [0.1, 0.15) is 5.56 Å². The van der Waals surface area contributed by atoms with Crippen LogP contribution in [0, 0.1) is 0 Å². The van der Waals surface area contributed by atoms with Crippen LogP contribution in [-0.2, 0) is 25.5 Å². The van der Waals surface area contributed by atoms with Crippen LogP contribution in [0.15, 0.2) is 84.0 Å². The minimum Gasteiger partial charge on any atom is -0.478 e. The van der Waals surface area contributed by atoms with Gasteiger partial charge < -0.3 is 19.9 Å². The Balaban J connectivity index is 1.80. The summed E-state index contributed by atoms with van der Waals surface area (Å²) in [5.41, 5.74) is 0.619. The predicted octanol–water partition coefficient (Wildman–Crippen LogP) is 2.97. The Morgan fingerprint density at radius 3 is 2.41 bits per heavy atom. The molecule has 2 unspecified atom stereocenters. The highest BCUT2D eigenvalue weighted by molar-refractivity contribution is 6.04. The number of nitrogens with one attached hydrogen (secondary N) is 1. The number of carboxylic acid groups (broad SMARTS) is 1. The first-order valence-electron chi connectivity index (χ1n) is 9.34. The van der Waals surface area contributed by atoms with Gasteiger partial charge >= 0.3 is 11.9 Å². The molecule has 0 saturated carbocycles. The Morgan fingerprint density at radius 1 is 1.14 bits per heavy atom. The highest BCUT2D eigenvalue weighted by Crippen LogP contribution is 2.47. The normalized spacial score (nSPS) is 23.1. The van der Waals surface area contributed by atoms with E-state index in [-0.39, 0.29) is 11.1 Å². The number of para-hydroxylation sites is 1. The molecule has 2 aliphatic rings. The van der Waals surface area contributed by atoms with Crippen molar-refractivity contribution in [3.05, 3.63) is 89.5 Å². The van der Waals surface area contributed by atoms with Gasteiger partial charge in [-0.25, -0.2) is 9.59 Å². The van der Waals surface area contributed by atoms with Crippen molar-refractivity contribution >= 4 is 17.6 Å². The first-order chi connectivity index (χ1) is 14.0. The summed E-state index contributed by atoms with van der Waals surface area (Å²) in [6.07, 6.45) is 3.21. The standard InChI is InChI=1S/C23H21NO5/c1-28-22(27)20-19(21(25)26)17-12-13-23(20,29-17)18(14-15-8-4-2-5-9-15)24-16-10-6-3-7-11-16/h2-13,17-18,24H,14H2,1H3,(H,25,26)/t17?,18-,23?/m1/s1. The predicted molar refractivity (Wildman–Crippen MR) is 107 cm³/mol. The van der Waals surface area contributed by atoms with Gasteiger partial charge in [0, 0.05) is 5.69 Å². The number of esters is 1.